The largest absolute Gasteiger partial charge is 0.444 e. The van der Waals surface area contributed by atoms with Crippen LogP contribution < -0.4 is 10.6 Å². The summed E-state index contributed by atoms with van der Waals surface area (Å²) in [7, 11) is 1.46. The Morgan fingerprint density at radius 3 is 2.38 bits per heavy atom. The molecular formula is C23H27N3O5S. The first-order valence-corrected chi connectivity index (χ1v) is 10.8. The van der Waals surface area contributed by atoms with Crippen LogP contribution >= 0.6 is 11.3 Å². The molecule has 2 amide bonds. The molecule has 1 heterocycles. The first-order chi connectivity index (χ1) is 15.1. The molecule has 0 aliphatic heterocycles. The molecule has 3 aromatic rings. The zero-order chi connectivity index (χ0) is 23.5. The lowest BCUT2D eigenvalue weighted by molar-refractivity contribution is -0.282. The molecule has 0 unspecified atom stereocenters. The van der Waals surface area contributed by atoms with Crippen molar-refractivity contribution in [2.75, 3.05) is 17.7 Å². The summed E-state index contributed by atoms with van der Waals surface area (Å²) in [5.74, 6) is -0.228. The standard InChI is InChI=1S/C23H27N3O5S/c1-13-9-15(12-30-29-6)10-14(2)19(13)25-20(27)16-7-8-17-18(11-16)32-21(24-17)26-22(28)31-23(3,4)5/h7-11H,12H2,1-6H3,(H,25,27)(H,24,26,28). The summed E-state index contributed by atoms with van der Waals surface area (Å²) in [6.45, 7) is 9.56. The van der Waals surface area contributed by atoms with E-state index in [4.69, 9.17) is 9.62 Å². The smallest absolute Gasteiger partial charge is 0.413 e. The zero-order valence-electron chi connectivity index (χ0n) is 19.0. The summed E-state index contributed by atoms with van der Waals surface area (Å²) in [6.07, 6.45) is -0.570. The van der Waals surface area contributed by atoms with E-state index in [9.17, 15) is 9.59 Å². The number of anilines is 2. The summed E-state index contributed by atoms with van der Waals surface area (Å²) in [4.78, 5) is 38.9. The maximum atomic E-state index is 12.9. The SMILES string of the molecule is COOCc1cc(C)c(NC(=O)c2ccc3nc(NC(=O)OC(C)(C)C)sc3c2)c(C)c1. The summed E-state index contributed by atoms with van der Waals surface area (Å²) in [5.41, 5.74) is 4.15. The fourth-order valence-corrected chi connectivity index (χ4v) is 4.05. The van der Waals surface area contributed by atoms with Gasteiger partial charge in [-0.3, -0.25) is 10.1 Å². The lowest BCUT2D eigenvalue weighted by atomic mass is 10.0. The molecule has 170 valence electrons. The van der Waals surface area contributed by atoms with Crippen molar-refractivity contribution in [3.05, 3.63) is 52.6 Å². The van der Waals surface area contributed by atoms with Crippen LogP contribution in [0.5, 0.6) is 0 Å². The number of carbonyl (C=O) groups excluding carboxylic acids is 2. The summed E-state index contributed by atoms with van der Waals surface area (Å²) in [5, 5.41) is 6.04. The van der Waals surface area contributed by atoms with E-state index < -0.39 is 11.7 Å². The van der Waals surface area contributed by atoms with Gasteiger partial charge in [-0.25, -0.2) is 19.6 Å². The number of amides is 2. The number of nitrogens with one attached hydrogen (secondary N) is 2. The van der Waals surface area contributed by atoms with Crippen LogP contribution in [-0.4, -0.2) is 29.7 Å². The molecule has 0 spiro atoms. The van der Waals surface area contributed by atoms with Gasteiger partial charge in [0.05, 0.1) is 17.3 Å². The highest BCUT2D eigenvalue weighted by atomic mass is 32.1. The maximum Gasteiger partial charge on any atom is 0.413 e. The van der Waals surface area contributed by atoms with Crippen molar-refractivity contribution in [1.29, 1.82) is 0 Å². The highest BCUT2D eigenvalue weighted by Gasteiger charge is 2.18. The van der Waals surface area contributed by atoms with Gasteiger partial charge in [-0.2, -0.15) is 0 Å². The van der Waals surface area contributed by atoms with E-state index in [1.807, 2.05) is 26.0 Å². The van der Waals surface area contributed by atoms with Gasteiger partial charge >= 0.3 is 6.09 Å². The van der Waals surface area contributed by atoms with E-state index in [0.717, 1.165) is 27.1 Å². The minimum Gasteiger partial charge on any atom is -0.444 e. The minimum atomic E-state index is -0.600. The van der Waals surface area contributed by atoms with Crippen molar-refractivity contribution in [3.63, 3.8) is 0 Å². The van der Waals surface area contributed by atoms with E-state index >= 15 is 0 Å². The zero-order valence-corrected chi connectivity index (χ0v) is 19.8. The van der Waals surface area contributed by atoms with Crippen molar-refractivity contribution < 1.29 is 24.1 Å². The fraction of sp³-hybridized carbons (Fsp3) is 0.348. The van der Waals surface area contributed by atoms with Crippen LogP contribution in [0.3, 0.4) is 0 Å². The van der Waals surface area contributed by atoms with Gasteiger partial charge in [-0.15, -0.1) is 0 Å². The Kier molecular flexibility index (Phi) is 7.12. The molecule has 2 aromatic carbocycles. The Morgan fingerprint density at radius 1 is 1.06 bits per heavy atom. The minimum absolute atomic E-state index is 0.228. The summed E-state index contributed by atoms with van der Waals surface area (Å²) in [6, 6.07) is 9.12. The number of carbonyl (C=O) groups is 2. The van der Waals surface area contributed by atoms with Crippen LogP contribution in [0.4, 0.5) is 15.6 Å². The number of benzene rings is 2. The Morgan fingerprint density at radius 2 is 1.75 bits per heavy atom. The Hall–Kier alpha value is -3.01. The third kappa shape index (κ3) is 6.03. The number of fused-ring (bicyclic) bond motifs is 1. The summed E-state index contributed by atoms with van der Waals surface area (Å²) < 4.78 is 6.04. The van der Waals surface area contributed by atoms with Crippen LogP contribution in [0.2, 0.25) is 0 Å². The normalized spacial score (nSPS) is 11.4. The second-order valence-electron chi connectivity index (χ2n) is 8.32. The average molecular weight is 458 g/mol. The lowest BCUT2D eigenvalue weighted by Crippen LogP contribution is -2.27. The molecular weight excluding hydrogens is 430 g/mol. The lowest BCUT2D eigenvalue weighted by Gasteiger charge is -2.18. The monoisotopic (exact) mass is 457 g/mol. The van der Waals surface area contributed by atoms with Gasteiger partial charge in [0.25, 0.3) is 5.91 Å². The molecule has 8 nitrogen and oxygen atoms in total. The van der Waals surface area contributed by atoms with Gasteiger partial charge in [-0.05, 0) is 69.5 Å². The van der Waals surface area contributed by atoms with Crippen molar-refractivity contribution in [2.24, 2.45) is 0 Å². The van der Waals surface area contributed by atoms with Gasteiger partial charge in [0.2, 0.25) is 0 Å². The molecule has 0 saturated carbocycles. The van der Waals surface area contributed by atoms with Crippen molar-refractivity contribution in [3.8, 4) is 0 Å². The number of thiazole rings is 1. The third-order valence-electron chi connectivity index (χ3n) is 4.43. The molecule has 0 aliphatic carbocycles. The predicted octanol–water partition coefficient (Wildman–Crippen LogP) is 5.59. The molecule has 0 saturated heterocycles. The van der Waals surface area contributed by atoms with E-state index in [0.29, 0.717) is 22.8 Å². The number of aryl methyl sites for hydroxylation is 2. The molecule has 3 rings (SSSR count). The van der Waals surface area contributed by atoms with Gasteiger partial charge in [0.1, 0.15) is 12.2 Å². The van der Waals surface area contributed by atoms with Gasteiger partial charge in [-0.1, -0.05) is 23.5 Å². The highest BCUT2D eigenvalue weighted by Crippen LogP contribution is 2.28. The number of ether oxygens (including phenoxy) is 1. The number of rotatable bonds is 6. The molecule has 0 aliphatic rings. The number of nitrogens with zero attached hydrogens (tertiary/aromatic N) is 1. The number of hydrogen-bond donors (Lipinski definition) is 2. The van der Waals surface area contributed by atoms with Crippen LogP contribution in [0, 0.1) is 13.8 Å². The van der Waals surface area contributed by atoms with E-state index in [1.54, 1.807) is 39.0 Å². The maximum absolute atomic E-state index is 12.9. The van der Waals surface area contributed by atoms with Crippen LogP contribution in [0.1, 0.15) is 47.8 Å². The Balaban J connectivity index is 1.75. The molecule has 1 aromatic heterocycles. The second-order valence-corrected chi connectivity index (χ2v) is 9.35. The Labute approximate surface area is 190 Å². The van der Waals surface area contributed by atoms with E-state index in [1.165, 1.54) is 18.4 Å². The van der Waals surface area contributed by atoms with Gasteiger partial charge < -0.3 is 10.1 Å². The second kappa shape index (κ2) is 9.64. The summed E-state index contributed by atoms with van der Waals surface area (Å²) >= 11 is 1.28. The predicted molar refractivity (Wildman–Crippen MR) is 125 cm³/mol. The average Bonchev–Trinajstić information content (AvgIpc) is 3.08. The molecule has 9 heteroatoms. The Bertz CT molecular complexity index is 1130. The molecule has 2 N–H and O–H groups in total. The van der Waals surface area contributed by atoms with Gasteiger partial charge in [0, 0.05) is 11.3 Å². The highest BCUT2D eigenvalue weighted by molar-refractivity contribution is 7.22. The van der Waals surface area contributed by atoms with Gasteiger partial charge in [0.15, 0.2) is 5.13 Å². The molecule has 0 fully saturated rings. The first kappa shape index (κ1) is 23.6. The van der Waals surface area contributed by atoms with Crippen molar-refractivity contribution >= 4 is 44.4 Å². The number of aromatic nitrogens is 1. The molecule has 0 radical (unpaired) electrons. The van der Waals surface area contributed by atoms with Crippen LogP contribution in [0.15, 0.2) is 30.3 Å². The molecule has 32 heavy (non-hydrogen) atoms. The van der Waals surface area contributed by atoms with E-state index in [2.05, 4.69) is 20.5 Å². The van der Waals surface area contributed by atoms with Crippen molar-refractivity contribution in [1.82, 2.24) is 4.98 Å². The third-order valence-corrected chi connectivity index (χ3v) is 5.37. The number of hydrogen-bond acceptors (Lipinski definition) is 7. The quantitative estimate of drug-likeness (QED) is 0.370. The molecule has 0 bridgehead atoms. The fourth-order valence-electron chi connectivity index (χ4n) is 3.16. The molecule has 0 atom stereocenters. The topological polar surface area (TPSA) is 98.8 Å². The van der Waals surface area contributed by atoms with E-state index in [-0.39, 0.29) is 5.91 Å². The van der Waals surface area contributed by atoms with Crippen molar-refractivity contribution in [2.45, 2.75) is 46.8 Å². The first-order valence-electron chi connectivity index (χ1n) is 10.0. The van der Waals surface area contributed by atoms with Crippen LogP contribution in [0.25, 0.3) is 10.2 Å². The van der Waals surface area contributed by atoms with Crippen LogP contribution in [-0.2, 0) is 21.1 Å².